The molecule has 3 amide bonds. The zero-order valence-electron chi connectivity index (χ0n) is 17.0. The molecule has 0 aromatic heterocycles. The summed E-state index contributed by atoms with van der Waals surface area (Å²) in [5, 5.41) is 13.6. The maximum atomic E-state index is 13.6. The number of hydrogen-bond acceptors (Lipinski definition) is 5. The highest BCUT2D eigenvalue weighted by Gasteiger charge is 2.62. The number of hydrogen-bond donors (Lipinski definition) is 0. The molecule has 1 saturated heterocycles. The van der Waals surface area contributed by atoms with Crippen molar-refractivity contribution in [3.05, 3.63) is 74.2 Å². The lowest BCUT2D eigenvalue weighted by atomic mass is 9.81. The molecular weight excluding hydrogens is 478 g/mol. The molecule has 3 aliphatic rings. The number of halogens is 1. The summed E-state index contributed by atoms with van der Waals surface area (Å²) in [5.41, 5.74) is 0.175. The second-order valence-corrected chi connectivity index (χ2v) is 9.55. The molecule has 0 spiro atoms. The Bertz CT molecular complexity index is 1110. The predicted octanol–water partition coefficient (Wildman–Crippen LogP) is 3.95. The molecule has 5 rings (SSSR count). The van der Waals surface area contributed by atoms with Crippen molar-refractivity contribution < 1.29 is 19.3 Å². The standard InChI is InChI=1S/C23H20BrN3O5/c24-16-9-5-13(6-10-16)12-25(21(28)17-3-1-2-4-18(17)27(31)32)26-22(29)19-14-7-8-15(11-14)20(19)23(26)30/h1-6,9-10,14-15,19-20H,7-8,11-12H2/t14-,15-,19+,20+/m0/s1. The number of hydrazine groups is 1. The third-order valence-electron chi connectivity index (χ3n) is 6.96. The van der Waals surface area contributed by atoms with Gasteiger partial charge in [0.1, 0.15) is 5.56 Å². The Morgan fingerprint density at radius 2 is 1.62 bits per heavy atom. The summed E-state index contributed by atoms with van der Waals surface area (Å²) in [6.45, 7) is -0.0512. The summed E-state index contributed by atoms with van der Waals surface area (Å²) in [7, 11) is 0. The van der Waals surface area contributed by atoms with E-state index < -0.39 is 22.7 Å². The van der Waals surface area contributed by atoms with E-state index in [1.54, 1.807) is 24.3 Å². The summed E-state index contributed by atoms with van der Waals surface area (Å²) in [4.78, 5) is 51.3. The van der Waals surface area contributed by atoms with Gasteiger partial charge in [-0.05, 0) is 54.9 Å². The fourth-order valence-corrected chi connectivity index (χ4v) is 5.84. The van der Waals surface area contributed by atoms with Gasteiger partial charge in [-0.1, -0.05) is 40.2 Å². The van der Waals surface area contributed by atoms with E-state index >= 15 is 0 Å². The van der Waals surface area contributed by atoms with E-state index in [0.717, 1.165) is 33.8 Å². The molecular formula is C23H20BrN3O5. The van der Waals surface area contributed by atoms with E-state index in [0.29, 0.717) is 5.56 Å². The van der Waals surface area contributed by atoms with Crippen LogP contribution in [0.5, 0.6) is 0 Å². The molecule has 0 N–H and O–H groups in total. The van der Waals surface area contributed by atoms with Gasteiger partial charge in [0.15, 0.2) is 0 Å². The van der Waals surface area contributed by atoms with Crippen LogP contribution in [0.4, 0.5) is 5.69 Å². The fourth-order valence-electron chi connectivity index (χ4n) is 5.58. The van der Waals surface area contributed by atoms with Gasteiger partial charge in [-0.15, -0.1) is 0 Å². The van der Waals surface area contributed by atoms with Crippen molar-refractivity contribution in [2.75, 3.05) is 0 Å². The molecule has 1 aliphatic heterocycles. The molecule has 1 heterocycles. The summed E-state index contributed by atoms with van der Waals surface area (Å²) >= 11 is 3.37. The Morgan fingerprint density at radius 1 is 1.03 bits per heavy atom. The van der Waals surface area contributed by atoms with E-state index in [-0.39, 0.29) is 41.4 Å². The van der Waals surface area contributed by atoms with Crippen LogP contribution >= 0.6 is 15.9 Å². The Kier molecular flexibility index (Phi) is 5.08. The highest BCUT2D eigenvalue weighted by molar-refractivity contribution is 9.10. The van der Waals surface area contributed by atoms with E-state index in [1.807, 2.05) is 0 Å². The first-order valence-electron chi connectivity index (χ1n) is 10.5. The quantitative estimate of drug-likeness (QED) is 0.353. The van der Waals surface area contributed by atoms with Crippen molar-refractivity contribution in [3.8, 4) is 0 Å². The molecule has 2 bridgehead atoms. The molecule has 2 aliphatic carbocycles. The summed E-state index contributed by atoms with van der Waals surface area (Å²) in [6, 6.07) is 12.7. The number of nitrogens with zero attached hydrogens (tertiary/aromatic N) is 3. The summed E-state index contributed by atoms with van der Waals surface area (Å²) < 4.78 is 0.845. The van der Waals surface area contributed by atoms with Crippen molar-refractivity contribution >= 4 is 39.3 Å². The monoisotopic (exact) mass is 497 g/mol. The van der Waals surface area contributed by atoms with Crippen LogP contribution in [0.3, 0.4) is 0 Å². The molecule has 9 heteroatoms. The van der Waals surface area contributed by atoms with Crippen LogP contribution in [0, 0.1) is 33.8 Å². The van der Waals surface area contributed by atoms with Crippen molar-refractivity contribution in [2.45, 2.75) is 25.8 Å². The van der Waals surface area contributed by atoms with Crippen LogP contribution < -0.4 is 0 Å². The minimum absolute atomic E-state index is 0.0512. The first kappa shape index (κ1) is 20.8. The van der Waals surface area contributed by atoms with Crippen LogP contribution in [0.1, 0.15) is 35.2 Å². The van der Waals surface area contributed by atoms with Crippen molar-refractivity contribution in [3.63, 3.8) is 0 Å². The number of para-hydroxylation sites is 1. The third kappa shape index (κ3) is 3.23. The Morgan fingerprint density at radius 3 is 2.22 bits per heavy atom. The number of nitro groups is 1. The molecule has 164 valence electrons. The van der Waals surface area contributed by atoms with Crippen LogP contribution in [0.15, 0.2) is 53.0 Å². The molecule has 0 radical (unpaired) electrons. The van der Waals surface area contributed by atoms with E-state index in [4.69, 9.17) is 0 Å². The Hall–Kier alpha value is -3.07. The van der Waals surface area contributed by atoms with Gasteiger partial charge in [0, 0.05) is 10.5 Å². The molecule has 2 aromatic carbocycles. The molecule has 0 unspecified atom stereocenters. The van der Waals surface area contributed by atoms with E-state index in [2.05, 4.69) is 15.9 Å². The van der Waals surface area contributed by atoms with Crippen molar-refractivity contribution in [1.82, 2.24) is 10.0 Å². The van der Waals surface area contributed by atoms with Crippen LogP contribution in [-0.2, 0) is 16.1 Å². The van der Waals surface area contributed by atoms with Gasteiger partial charge in [0.05, 0.1) is 23.3 Å². The highest BCUT2D eigenvalue weighted by Crippen LogP contribution is 2.56. The van der Waals surface area contributed by atoms with Crippen LogP contribution in [0.25, 0.3) is 0 Å². The van der Waals surface area contributed by atoms with Gasteiger partial charge in [-0.3, -0.25) is 24.5 Å². The second kappa shape index (κ2) is 7.81. The first-order valence-corrected chi connectivity index (χ1v) is 11.3. The van der Waals surface area contributed by atoms with Crippen LogP contribution in [0.2, 0.25) is 0 Å². The molecule has 2 saturated carbocycles. The molecule has 3 fully saturated rings. The second-order valence-electron chi connectivity index (χ2n) is 8.64. The maximum Gasteiger partial charge on any atom is 0.282 e. The number of imide groups is 1. The number of carbonyl (C=O) groups is 3. The molecule has 8 nitrogen and oxygen atoms in total. The topological polar surface area (TPSA) is 101 Å². The zero-order chi connectivity index (χ0) is 22.6. The number of carbonyl (C=O) groups excluding carboxylic acids is 3. The predicted molar refractivity (Wildman–Crippen MR) is 117 cm³/mol. The number of rotatable bonds is 5. The lowest BCUT2D eigenvalue weighted by Gasteiger charge is -2.31. The number of amides is 3. The van der Waals surface area contributed by atoms with Crippen LogP contribution in [-0.4, -0.2) is 32.7 Å². The lowest BCUT2D eigenvalue weighted by molar-refractivity contribution is -0.385. The number of nitro benzene ring substituents is 1. The highest BCUT2D eigenvalue weighted by atomic mass is 79.9. The fraction of sp³-hybridized carbons (Fsp3) is 0.348. The minimum Gasteiger partial charge on any atom is -0.272 e. The smallest absolute Gasteiger partial charge is 0.272 e. The van der Waals surface area contributed by atoms with E-state index in [9.17, 15) is 24.5 Å². The largest absolute Gasteiger partial charge is 0.282 e. The molecule has 4 atom stereocenters. The number of benzene rings is 2. The van der Waals surface area contributed by atoms with E-state index in [1.165, 1.54) is 24.3 Å². The van der Waals surface area contributed by atoms with Gasteiger partial charge in [-0.25, -0.2) is 5.01 Å². The van der Waals surface area contributed by atoms with Gasteiger partial charge < -0.3 is 0 Å². The minimum atomic E-state index is -0.741. The zero-order valence-corrected chi connectivity index (χ0v) is 18.6. The maximum absolute atomic E-state index is 13.6. The average molecular weight is 498 g/mol. The van der Waals surface area contributed by atoms with Gasteiger partial charge in [-0.2, -0.15) is 5.01 Å². The third-order valence-corrected chi connectivity index (χ3v) is 7.49. The normalized spacial score (nSPS) is 25.8. The average Bonchev–Trinajstić information content (AvgIpc) is 3.47. The first-order chi connectivity index (χ1) is 15.4. The molecule has 2 aromatic rings. The number of fused-ring (bicyclic) bond motifs is 5. The SMILES string of the molecule is O=C(c1ccccc1[N+](=O)[O-])N(Cc1ccc(Br)cc1)N1C(=O)[C@@H]2[C@H]3CC[C@@H](C3)[C@H]2C1=O. The Balaban J connectivity index is 1.55. The van der Waals surface area contributed by atoms with Gasteiger partial charge in [0.25, 0.3) is 23.4 Å². The van der Waals surface area contributed by atoms with Gasteiger partial charge >= 0.3 is 0 Å². The molecule has 32 heavy (non-hydrogen) atoms. The summed E-state index contributed by atoms with van der Waals surface area (Å²) in [6.07, 6.45) is 2.72. The summed E-state index contributed by atoms with van der Waals surface area (Å²) in [5.74, 6) is -1.93. The van der Waals surface area contributed by atoms with Crippen molar-refractivity contribution in [1.29, 1.82) is 0 Å². The Labute approximate surface area is 192 Å². The van der Waals surface area contributed by atoms with Gasteiger partial charge in [0.2, 0.25) is 0 Å². The lowest BCUT2D eigenvalue weighted by Crippen LogP contribution is -2.50. The van der Waals surface area contributed by atoms with Crippen molar-refractivity contribution in [2.24, 2.45) is 23.7 Å².